The number of rotatable bonds is 9. The summed E-state index contributed by atoms with van der Waals surface area (Å²) in [4.78, 5) is 9.13. The van der Waals surface area contributed by atoms with E-state index in [1.807, 2.05) is 5.55 Å². The van der Waals surface area contributed by atoms with Crippen LogP contribution in [0.15, 0.2) is 16.1 Å². The van der Waals surface area contributed by atoms with E-state index in [2.05, 4.69) is 73.2 Å². The van der Waals surface area contributed by atoms with E-state index in [0.717, 1.165) is 30.6 Å². The molecule has 0 N–H and O–H groups in total. The molecule has 0 aromatic carbocycles. The average molecular weight is 415 g/mol. The smallest absolute Gasteiger partial charge is 0.147 e. The van der Waals surface area contributed by atoms with Gasteiger partial charge in [-0.1, -0.05) is 36.7 Å². The summed E-state index contributed by atoms with van der Waals surface area (Å²) in [6, 6.07) is 2.48. The van der Waals surface area contributed by atoms with Crippen LogP contribution in [-0.2, 0) is 6.54 Å². The van der Waals surface area contributed by atoms with Crippen molar-refractivity contribution in [1.29, 1.82) is 0 Å². The van der Waals surface area contributed by atoms with Crippen LogP contribution in [0, 0.1) is 6.92 Å². The zero-order valence-corrected chi connectivity index (χ0v) is 18.2. The SMILES string of the molecule is CCC(CC)c1cc(C)nn(CC(C)S/C=N\CBr)c1=NC(C)C. The topological polar surface area (TPSA) is 42.5 Å². The second-order valence-corrected chi connectivity index (χ2v) is 8.13. The predicted molar refractivity (Wildman–Crippen MR) is 110 cm³/mol. The molecule has 0 bridgehead atoms. The first kappa shape index (κ1) is 21.4. The fraction of sp³-hybridized carbons (Fsp3) is 0.722. The Balaban J connectivity index is 3.29. The normalized spacial score (nSPS) is 14.3. The van der Waals surface area contributed by atoms with Crippen molar-refractivity contribution in [2.24, 2.45) is 9.98 Å². The highest BCUT2D eigenvalue weighted by atomic mass is 79.9. The summed E-state index contributed by atoms with van der Waals surface area (Å²) in [6.45, 7) is 13.9. The number of alkyl halides is 1. The summed E-state index contributed by atoms with van der Waals surface area (Å²) in [5.74, 6) is 0.536. The standard InChI is InChI=1S/C18H31BrN4S/c1-7-16(8-2)17-9-14(5)22-23(18(17)21-13(3)4)10-15(6)24-12-20-11-19/h9,12-13,15-16H,7-8,10-11H2,1-6H3/b20-12-,21-18?. The maximum atomic E-state index is 4.92. The van der Waals surface area contributed by atoms with Crippen molar-refractivity contribution in [3.8, 4) is 0 Å². The van der Waals surface area contributed by atoms with Gasteiger partial charge < -0.3 is 0 Å². The second-order valence-electron chi connectivity index (χ2n) is 6.34. The van der Waals surface area contributed by atoms with Crippen molar-refractivity contribution >= 4 is 33.2 Å². The molecule has 0 saturated heterocycles. The predicted octanol–water partition coefficient (Wildman–Crippen LogP) is 4.91. The summed E-state index contributed by atoms with van der Waals surface area (Å²) >= 11 is 5.04. The van der Waals surface area contributed by atoms with E-state index < -0.39 is 0 Å². The molecule has 0 fully saturated rings. The Labute approximate surface area is 159 Å². The van der Waals surface area contributed by atoms with Gasteiger partial charge in [-0.3, -0.25) is 9.98 Å². The molecule has 1 unspecified atom stereocenters. The van der Waals surface area contributed by atoms with Crippen LogP contribution < -0.4 is 5.49 Å². The fourth-order valence-electron chi connectivity index (χ4n) is 2.71. The number of hydrogen-bond acceptors (Lipinski definition) is 4. The lowest BCUT2D eigenvalue weighted by Crippen LogP contribution is -2.33. The lowest BCUT2D eigenvalue weighted by atomic mass is 9.95. The molecule has 24 heavy (non-hydrogen) atoms. The molecule has 1 atom stereocenters. The van der Waals surface area contributed by atoms with E-state index in [1.54, 1.807) is 11.8 Å². The van der Waals surface area contributed by atoms with Crippen LogP contribution in [0.5, 0.6) is 0 Å². The van der Waals surface area contributed by atoms with E-state index in [4.69, 9.17) is 10.1 Å². The van der Waals surface area contributed by atoms with Crippen LogP contribution in [0.2, 0.25) is 0 Å². The summed E-state index contributed by atoms with van der Waals surface area (Å²) in [5, 5.41) is 5.15. The van der Waals surface area contributed by atoms with E-state index in [-0.39, 0.29) is 6.04 Å². The number of nitrogens with zero attached hydrogens (tertiary/aromatic N) is 4. The van der Waals surface area contributed by atoms with E-state index >= 15 is 0 Å². The molecule has 1 rings (SSSR count). The molecular formula is C18H31BrN4S. The molecular weight excluding hydrogens is 384 g/mol. The summed E-state index contributed by atoms with van der Waals surface area (Å²) in [6.07, 6.45) is 2.26. The zero-order valence-electron chi connectivity index (χ0n) is 15.8. The van der Waals surface area contributed by atoms with Gasteiger partial charge in [0.15, 0.2) is 0 Å². The van der Waals surface area contributed by atoms with Crippen molar-refractivity contribution in [3.63, 3.8) is 0 Å². The van der Waals surface area contributed by atoms with Crippen molar-refractivity contribution in [2.75, 3.05) is 5.45 Å². The molecule has 0 radical (unpaired) electrons. The lowest BCUT2D eigenvalue weighted by molar-refractivity contribution is 0.523. The summed E-state index contributed by atoms with van der Waals surface area (Å²) in [5.41, 5.74) is 6.01. The molecule has 136 valence electrons. The Bertz CT molecular complexity index is 591. The first-order valence-electron chi connectivity index (χ1n) is 8.75. The monoisotopic (exact) mass is 414 g/mol. The van der Waals surface area contributed by atoms with Gasteiger partial charge in [-0.2, -0.15) is 5.10 Å². The maximum Gasteiger partial charge on any atom is 0.147 e. The molecule has 1 heterocycles. The average Bonchev–Trinajstić information content (AvgIpc) is 2.51. The molecule has 1 aromatic heterocycles. The van der Waals surface area contributed by atoms with Gasteiger partial charge in [0.05, 0.1) is 23.2 Å². The van der Waals surface area contributed by atoms with Gasteiger partial charge in [0, 0.05) is 16.9 Å². The highest BCUT2D eigenvalue weighted by molar-refractivity contribution is 9.09. The minimum atomic E-state index is 0.256. The third kappa shape index (κ3) is 6.71. The molecule has 0 saturated carbocycles. The quantitative estimate of drug-likeness (QED) is 0.249. The van der Waals surface area contributed by atoms with Crippen LogP contribution in [0.3, 0.4) is 0 Å². The molecule has 1 aromatic rings. The van der Waals surface area contributed by atoms with Gasteiger partial charge >= 0.3 is 0 Å². The molecule has 6 heteroatoms. The highest BCUT2D eigenvalue weighted by Crippen LogP contribution is 2.20. The van der Waals surface area contributed by atoms with Crippen LogP contribution in [0.4, 0.5) is 0 Å². The number of aromatic nitrogens is 2. The third-order valence-corrected chi connectivity index (χ3v) is 4.99. The van der Waals surface area contributed by atoms with Crippen LogP contribution in [0.1, 0.15) is 64.6 Å². The first-order valence-corrected chi connectivity index (χ1v) is 10.8. The van der Waals surface area contributed by atoms with E-state index in [0.29, 0.717) is 16.6 Å². The Morgan fingerprint density at radius 3 is 2.50 bits per heavy atom. The van der Waals surface area contributed by atoms with Crippen molar-refractivity contribution in [1.82, 2.24) is 9.78 Å². The Morgan fingerprint density at radius 1 is 1.29 bits per heavy atom. The summed E-state index contributed by atoms with van der Waals surface area (Å²) < 4.78 is 2.10. The van der Waals surface area contributed by atoms with Gasteiger partial charge in [0.2, 0.25) is 0 Å². The lowest BCUT2D eigenvalue weighted by Gasteiger charge is -2.19. The van der Waals surface area contributed by atoms with E-state index in [9.17, 15) is 0 Å². The van der Waals surface area contributed by atoms with Gasteiger partial charge in [-0.25, -0.2) is 4.68 Å². The fourth-order valence-corrected chi connectivity index (χ4v) is 3.64. The highest BCUT2D eigenvalue weighted by Gasteiger charge is 2.15. The van der Waals surface area contributed by atoms with Crippen molar-refractivity contribution < 1.29 is 0 Å². The van der Waals surface area contributed by atoms with Crippen LogP contribution >= 0.6 is 27.7 Å². The molecule has 0 aliphatic rings. The molecule has 0 aliphatic carbocycles. The number of hydrogen-bond donors (Lipinski definition) is 0. The van der Waals surface area contributed by atoms with Gasteiger partial charge in [-0.05, 0) is 45.6 Å². The number of aryl methyl sites for hydroxylation is 1. The Kier molecular flexibility index (Phi) is 9.89. The molecule has 0 spiro atoms. The maximum absolute atomic E-state index is 4.92. The summed E-state index contributed by atoms with van der Waals surface area (Å²) in [7, 11) is 0. The Hall–Kier alpha value is -0.620. The third-order valence-electron chi connectivity index (χ3n) is 3.82. The van der Waals surface area contributed by atoms with Crippen LogP contribution in [0.25, 0.3) is 0 Å². The molecule has 0 amide bonds. The largest absolute Gasteiger partial charge is 0.275 e. The first-order chi connectivity index (χ1) is 11.4. The Morgan fingerprint density at radius 2 is 1.96 bits per heavy atom. The number of thioether (sulfide) groups is 1. The minimum absolute atomic E-state index is 0.256. The van der Waals surface area contributed by atoms with Crippen molar-refractivity contribution in [3.05, 3.63) is 22.8 Å². The van der Waals surface area contributed by atoms with E-state index in [1.165, 1.54) is 5.56 Å². The number of aliphatic imine (C=N–C) groups is 1. The molecule has 4 nitrogen and oxygen atoms in total. The van der Waals surface area contributed by atoms with Gasteiger partial charge in [-0.15, -0.1) is 11.8 Å². The van der Waals surface area contributed by atoms with Crippen LogP contribution in [-0.4, -0.2) is 32.1 Å². The second kappa shape index (κ2) is 11.1. The van der Waals surface area contributed by atoms with Crippen molar-refractivity contribution in [2.45, 2.75) is 78.1 Å². The number of halogens is 1. The zero-order chi connectivity index (χ0) is 18.1. The van der Waals surface area contributed by atoms with Gasteiger partial charge in [0.25, 0.3) is 0 Å². The molecule has 0 aliphatic heterocycles. The van der Waals surface area contributed by atoms with Gasteiger partial charge in [0.1, 0.15) is 5.49 Å². The minimum Gasteiger partial charge on any atom is -0.275 e.